The van der Waals surface area contributed by atoms with Gasteiger partial charge in [0.05, 0.1) is 0 Å². The number of rotatable bonds is 8. The van der Waals surface area contributed by atoms with Gasteiger partial charge in [0, 0.05) is 25.1 Å². The van der Waals surface area contributed by atoms with E-state index in [2.05, 4.69) is 40.7 Å². The maximum atomic E-state index is 11.0. The predicted molar refractivity (Wildman–Crippen MR) is 88.4 cm³/mol. The van der Waals surface area contributed by atoms with Gasteiger partial charge in [0.2, 0.25) is 5.91 Å². The molecule has 0 aliphatic carbocycles. The zero-order valence-corrected chi connectivity index (χ0v) is 13.8. The van der Waals surface area contributed by atoms with Gasteiger partial charge in [0.1, 0.15) is 5.82 Å². The van der Waals surface area contributed by atoms with Crippen LogP contribution in [0.1, 0.15) is 31.7 Å². The van der Waals surface area contributed by atoms with Gasteiger partial charge < -0.3 is 10.3 Å². The van der Waals surface area contributed by atoms with Crippen molar-refractivity contribution in [3.05, 3.63) is 41.7 Å². The molecule has 0 bridgehead atoms. The molecule has 1 heterocycles. The summed E-state index contributed by atoms with van der Waals surface area (Å²) in [7, 11) is 0. The molecule has 0 unspecified atom stereocenters. The highest BCUT2D eigenvalue weighted by Crippen LogP contribution is 2.23. The van der Waals surface area contributed by atoms with Gasteiger partial charge in [0.15, 0.2) is 5.16 Å². The summed E-state index contributed by atoms with van der Waals surface area (Å²) in [4.78, 5) is 11.0. The standard InChI is InChI=1S/C16H22N4OS/c1-12(2)10-20-15(9-8-14(17)21)18-19-16(20)22-11-13-6-4-3-5-7-13/h3-7,12H,8-11H2,1-2H3,(H2,17,21). The van der Waals surface area contributed by atoms with Crippen molar-refractivity contribution in [1.82, 2.24) is 14.8 Å². The Morgan fingerprint density at radius 1 is 1.27 bits per heavy atom. The largest absolute Gasteiger partial charge is 0.370 e. The molecule has 0 saturated heterocycles. The Hall–Kier alpha value is -1.82. The normalized spacial score (nSPS) is 11.0. The van der Waals surface area contributed by atoms with Crippen molar-refractivity contribution < 1.29 is 4.79 Å². The third kappa shape index (κ3) is 4.87. The summed E-state index contributed by atoms with van der Waals surface area (Å²) in [5, 5.41) is 9.42. The molecule has 1 aromatic carbocycles. The number of hydrogen-bond donors (Lipinski definition) is 1. The second-order valence-electron chi connectivity index (χ2n) is 5.64. The van der Waals surface area contributed by atoms with Gasteiger partial charge >= 0.3 is 0 Å². The molecule has 2 rings (SSSR count). The van der Waals surface area contributed by atoms with Crippen LogP contribution in [-0.2, 0) is 23.5 Å². The van der Waals surface area contributed by atoms with Crippen LogP contribution < -0.4 is 5.73 Å². The SMILES string of the molecule is CC(C)Cn1c(CCC(N)=O)nnc1SCc1ccccc1. The number of carbonyl (C=O) groups excluding carboxylic acids is 1. The minimum Gasteiger partial charge on any atom is -0.370 e. The maximum absolute atomic E-state index is 11.0. The molecule has 0 spiro atoms. The average Bonchev–Trinajstić information content (AvgIpc) is 2.85. The van der Waals surface area contributed by atoms with E-state index >= 15 is 0 Å². The molecule has 118 valence electrons. The zero-order chi connectivity index (χ0) is 15.9. The fourth-order valence-electron chi connectivity index (χ4n) is 2.12. The van der Waals surface area contributed by atoms with Crippen molar-refractivity contribution in [2.75, 3.05) is 0 Å². The Kier molecular flexibility index (Phi) is 6.00. The molecule has 22 heavy (non-hydrogen) atoms. The van der Waals surface area contributed by atoms with Crippen LogP contribution in [0.3, 0.4) is 0 Å². The molecule has 2 N–H and O–H groups in total. The number of thioether (sulfide) groups is 1. The van der Waals surface area contributed by atoms with E-state index in [0.717, 1.165) is 23.3 Å². The van der Waals surface area contributed by atoms with E-state index in [1.165, 1.54) is 5.56 Å². The highest BCUT2D eigenvalue weighted by molar-refractivity contribution is 7.98. The molecular formula is C16H22N4OS. The van der Waals surface area contributed by atoms with Gasteiger partial charge in [-0.15, -0.1) is 10.2 Å². The molecule has 0 saturated carbocycles. The fraction of sp³-hybridized carbons (Fsp3) is 0.438. The summed E-state index contributed by atoms with van der Waals surface area (Å²) >= 11 is 1.67. The number of aromatic nitrogens is 3. The fourth-order valence-corrected chi connectivity index (χ4v) is 3.04. The first kappa shape index (κ1) is 16.5. The van der Waals surface area contributed by atoms with Crippen LogP contribution in [-0.4, -0.2) is 20.7 Å². The van der Waals surface area contributed by atoms with Gasteiger partial charge in [-0.3, -0.25) is 4.79 Å². The van der Waals surface area contributed by atoms with Gasteiger partial charge in [-0.2, -0.15) is 0 Å². The maximum Gasteiger partial charge on any atom is 0.217 e. The van der Waals surface area contributed by atoms with Crippen molar-refractivity contribution in [1.29, 1.82) is 0 Å². The second kappa shape index (κ2) is 7.98. The smallest absolute Gasteiger partial charge is 0.217 e. The molecular weight excluding hydrogens is 296 g/mol. The Morgan fingerprint density at radius 2 is 2.00 bits per heavy atom. The summed E-state index contributed by atoms with van der Waals surface area (Å²) < 4.78 is 2.11. The number of aryl methyl sites for hydroxylation is 1. The van der Waals surface area contributed by atoms with E-state index in [0.29, 0.717) is 18.8 Å². The first-order chi connectivity index (χ1) is 10.6. The summed E-state index contributed by atoms with van der Waals surface area (Å²) in [6, 6.07) is 10.3. The van der Waals surface area contributed by atoms with Crippen molar-refractivity contribution in [3.8, 4) is 0 Å². The number of nitrogens with two attached hydrogens (primary N) is 1. The molecule has 0 fully saturated rings. The topological polar surface area (TPSA) is 73.8 Å². The highest BCUT2D eigenvalue weighted by atomic mass is 32.2. The lowest BCUT2D eigenvalue weighted by Gasteiger charge is -2.12. The van der Waals surface area contributed by atoms with Gasteiger partial charge in [0.25, 0.3) is 0 Å². The van der Waals surface area contributed by atoms with Crippen LogP contribution in [0.15, 0.2) is 35.5 Å². The monoisotopic (exact) mass is 318 g/mol. The average molecular weight is 318 g/mol. The Bertz CT molecular complexity index is 610. The van der Waals surface area contributed by atoms with E-state index in [-0.39, 0.29) is 5.91 Å². The molecule has 6 heteroatoms. The number of benzene rings is 1. The number of primary amides is 1. The quantitative estimate of drug-likeness (QED) is 0.759. The number of nitrogens with zero attached hydrogens (tertiary/aromatic N) is 3. The van der Waals surface area contributed by atoms with E-state index < -0.39 is 0 Å². The minimum absolute atomic E-state index is 0.305. The van der Waals surface area contributed by atoms with E-state index in [4.69, 9.17) is 5.73 Å². The van der Waals surface area contributed by atoms with Crippen molar-refractivity contribution >= 4 is 17.7 Å². The van der Waals surface area contributed by atoms with Gasteiger partial charge in [-0.1, -0.05) is 55.9 Å². The van der Waals surface area contributed by atoms with Crippen molar-refractivity contribution in [2.45, 2.75) is 44.1 Å². The Labute approximate surface area is 135 Å². The Balaban J connectivity index is 2.10. The third-order valence-corrected chi connectivity index (χ3v) is 4.18. The van der Waals surface area contributed by atoms with Crippen LogP contribution in [0.5, 0.6) is 0 Å². The van der Waals surface area contributed by atoms with E-state index in [9.17, 15) is 4.79 Å². The first-order valence-corrected chi connectivity index (χ1v) is 8.42. The van der Waals surface area contributed by atoms with Crippen molar-refractivity contribution in [3.63, 3.8) is 0 Å². The molecule has 0 radical (unpaired) electrons. The van der Waals surface area contributed by atoms with Gasteiger partial charge in [-0.05, 0) is 11.5 Å². The predicted octanol–water partition coefficient (Wildman–Crippen LogP) is 2.64. The number of hydrogen-bond acceptors (Lipinski definition) is 4. The third-order valence-electron chi connectivity index (χ3n) is 3.15. The van der Waals surface area contributed by atoms with Crippen LogP contribution in [0.4, 0.5) is 0 Å². The molecule has 0 aliphatic rings. The molecule has 1 aromatic heterocycles. The van der Waals surface area contributed by atoms with E-state index in [1.807, 2.05) is 18.2 Å². The lowest BCUT2D eigenvalue weighted by molar-refractivity contribution is -0.118. The summed E-state index contributed by atoms with van der Waals surface area (Å²) in [5.74, 6) is 1.87. The number of carbonyl (C=O) groups is 1. The highest BCUT2D eigenvalue weighted by Gasteiger charge is 2.14. The molecule has 5 nitrogen and oxygen atoms in total. The molecule has 2 aromatic rings. The van der Waals surface area contributed by atoms with Gasteiger partial charge in [-0.25, -0.2) is 0 Å². The molecule has 0 atom stereocenters. The van der Waals surface area contributed by atoms with Crippen molar-refractivity contribution in [2.24, 2.45) is 11.7 Å². The molecule has 1 amide bonds. The lowest BCUT2D eigenvalue weighted by atomic mass is 10.2. The lowest BCUT2D eigenvalue weighted by Crippen LogP contribution is -2.15. The summed E-state index contributed by atoms with van der Waals surface area (Å²) in [5.41, 5.74) is 6.49. The summed E-state index contributed by atoms with van der Waals surface area (Å²) in [6.45, 7) is 5.16. The second-order valence-corrected chi connectivity index (χ2v) is 6.59. The van der Waals surface area contributed by atoms with Crippen LogP contribution in [0.25, 0.3) is 0 Å². The number of amides is 1. The van der Waals surface area contributed by atoms with Crippen LogP contribution >= 0.6 is 11.8 Å². The van der Waals surface area contributed by atoms with E-state index in [1.54, 1.807) is 11.8 Å². The van der Waals surface area contributed by atoms with Crippen LogP contribution in [0, 0.1) is 5.92 Å². The molecule has 0 aliphatic heterocycles. The minimum atomic E-state index is -0.308. The van der Waals surface area contributed by atoms with Crippen LogP contribution in [0.2, 0.25) is 0 Å². The summed E-state index contributed by atoms with van der Waals surface area (Å²) in [6.07, 6.45) is 0.848. The Morgan fingerprint density at radius 3 is 2.64 bits per heavy atom. The first-order valence-electron chi connectivity index (χ1n) is 7.43. The zero-order valence-electron chi connectivity index (χ0n) is 13.0.